The number of thioether (sulfide) groups is 1. The molecule has 19 heavy (non-hydrogen) atoms. The van der Waals surface area contributed by atoms with Crippen LogP contribution in [0.5, 0.6) is 0 Å². The van der Waals surface area contributed by atoms with Gasteiger partial charge in [-0.05, 0) is 32.4 Å². The molecule has 2 rings (SSSR count). The molecule has 2 heterocycles. The second-order valence-corrected chi connectivity index (χ2v) is 5.71. The van der Waals surface area contributed by atoms with Crippen LogP contribution in [0.25, 0.3) is 0 Å². The number of rotatable bonds is 7. The number of aliphatic carboxylic acids is 1. The summed E-state index contributed by atoms with van der Waals surface area (Å²) in [5, 5.41) is 9.60. The van der Waals surface area contributed by atoms with Crippen LogP contribution in [-0.4, -0.2) is 50.9 Å². The molecule has 1 fully saturated rings. The molecule has 1 aliphatic heterocycles. The van der Waals surface area contributed by atoms with E-state index in [-0.39, 0.29) is 5.75 Å². The lowest BCUT2D eigenvalue weighted by molar-refractivity contribution is -0.133. The van der Waals surface area contributed by atoms with Crippen molar-refractivity contribution >= 4 is 17.7 Å². The highest BCUT2D eigenvalue weighted by molar-refractivity contribution is 7.99. The molecule has 0 amide bonds. The minimum absolute atomic E-state index is 0.0733. The highest BCUT2D eigenvalue weighted by Gasteiger charge is 2.14. The van der Waals surface area contributed by atoms with Gasteiger partial charge in [0.15, 0.2) is 5.16 Å². The standard InChI is InChI=1S/C13H21N3O2S/c1-2-11-9-14-13(19-10-12(17)18)16(11)8-7-15-5-3-4-6-15/h9H,2-8,10H2,1H3,(H,17,18). The van der Waals surface area contributed by atoms with Crippen LogP contribution in [-0.2, 0) is 17.8 Å². The van der Waals surface area contributed by atoms with Crippen LogP contribution in [0.3, 0.4) is 0 Å². The van der Waals surface area contributed by atoms with E-state index in [1.54, 1.807) is 0 Å². The van der Waals surface area contributed by atoms with Crippen molar-refractivity contribution in [3.63, 3.8) is 0 Å². The lowest BCUT2D eigenvalue weighted by atomic mass is 10.3. The van der Waals surface area contributed by atoms with Crippen molar-refractivity contribution in [3.05, 3.63) is 11.9 Å². The molecule has 1 N–H and O–H groups in total. The van der Waals surface area contributed by atoms with E-state index in [1.807, 2.05) is 6.20 Å². The van der Waals surface area contributed by atoms with Crippen LogP contribution in [0, 0.1) is 0 Å². The number of hydrogen-bond acceptors (Lipinski definition) is 4. The fourth-order valence-corrected chi connectivity index (χ4v) is 3.15. The van der Waals surface area contributed by atoms with E-state index in [9.17, 15) is 4.79 Å². The number of carboxylic acid groups (broad SMARTS) is 1. The van der Waals surface area contributed by atoms with E-state index in [1.165, 1.54) is 43.4 Å². The molecular formula is C13H21N3O2S. The van der Waals surface area contributed by atoms with E-state index in [0.29, 0.717) is 0 Å². The molecule has 6 heteroatoms. The molecule has 0 aromatic carbocycles. The summed E-state index contributed by atoms with van der Waals surface area (Å²) in [5.74, 6) is -0.721. The number of carboxylic acids is 1. The third-order valence-corrected chi connectivity index (χ3v) is 4.40. The number of aryl methyl sites for hydroxylation is 1. The van der Waals surface area contributed by atoms with Crippen molar-refractivity contribution in [3.8, 4) is 0 Å². The fourth-order valence-electron chi connectivity index (χ4n) is 2.40. The minimum Gasteiger partial charge on any atom is -0.481 e. The molecule has 1 saturated heterocycles. The Morgan fingerprint density at radius 2 is 2.16 bits per heavy atom. The van der Waals surface area contributed by atoms with Gasteiger partial charge in [0.1, 0.15) is 0 Å². The highest BCUT2D eigenvalue weighted by atomic mass is 32.2. The van der Waals surface area contributed by atoms with E-state index in [0.717, 1.165) is 24.7 Å². The Morgan fingerprint density at radius 3 is 2.79 bits per heavy atom. The lowest BCUT2D eigenvalue weighted by Gasteiger charge is -2.17. The maximum absolute atomic E-state index is 10.7. The summed E-state index contributed by atoms with van der Waals surface area (Å²) in [6.07, 6.45) is 5.39. The SMILES string of the molecule is CCc1cnc(SCC(=O)O)n1CCN1CCCC1. The van der Waals surface area contributed by atoms with Crippen LogP contribution in [0.1, 0.15) is 25.5 Å². The van der Waals surface area contributed by atoms with E-state index in [4.69, 9.17) is 5.11 Å². The Labute approximate surface area is 118 Å². The number of nitrogens with zero attached hydrogens (tertiary/aromatic N) is 3. The van der Waals surface area contributed by atoms with Gasteiger partial charge in [-0.15, -0.1) is 0 Å². The van der Waals surface area contributed by atoms with Gasteiger partial charge in [0, 0.05) is 25.0 Å². The zero-order chi connectivity index (χ0) is 13.7. The molecule has 1 aromatic rings. The van der Waals surface area contributed by atoms with Crippen LogP contribution in [0.4, 0.5) is 0 Å². The summed E-state index contributed by atoms with van der Waals surface area (Å²) in [5.41, 5.74) is 1.19. The van der Waals surface area contributed by atoms with Gasteiger partial charge >= 0.3 is 5.97 Å². The Balaban J connectivity index is 1.98. The van der Waals surface area contributed by atoms with Crippen LogP contribution >= 0.6 is 11.8 Å². The van der Waals surface area contributed by atoms with E-state index in [2.05, 4.69) is 21.4 Å². The largest absolute Gasteiger partial charge is 0.481 e. The first-order valence-electron chi connectivity index (χ1n) is 6.82. The molecule has 0 aliphatic carbocycles. The fraction of sp³-hybridized carbons (Fsp3) is 0.692. The summed E-state index contributed by atoms with van der Waals surface area (Å²) in [7, 11) is 0. The van der Waals surface area contributed by atoms with Crippen molar-refractivity contribution in [2.75, 3.05) is 25.4 Å². The summed E-state index contributed by atoms with van der Waals surface area (Å²) in [4.78, 5) is 17.5. The van der Waals surface area contributed by atoms with Gasteiger partial charge in [0.25, 0.3) is 0 Å². The van der Waals surface area contributed by atoms with Gasteiger partial charge in [-0.2, -0.15) is 0 Å². The maximum Gasteiger partial charge on any atom is 0.313 e. The molecule has 1 aromatic heterocycles. The van der Waals surface area contributed by atoms with E-state index < -0.39 is 5.97 Å². The molecular weight excluding hydrogens is 262 g/mol. The first-order chi connectivity index (χ1) is 9.20. The monoisotopic (exact) mass is 283 g/mol. The number of imidazole rings is 1. The minimum atomic E-state index is -0.794. The molecule has 0 spiro atoms. The van der Waals surface area contributed by atoms with Crippen LogP contribution in [0.2, 0.25) is 0 Å². The first kappa shape index (κ1) is 14.4. The van der Waals surface area contributed by atoms with Gasteiger partial charge in [0.2, 0.25) is 0 Å². The van der Waals surface area contributed by atoms with Crippen molar-refractivity contribution in [2.24, 2.45) is 0 Å². The Morgan fingerprint density at radius 1 is 1.42 bits per heavy atom. The molecule has 0 atom stereocenters. The van der Waals surface area contributed by atoms with Crippen molar-refractivity contribution in [1.29, 1.82) is 0 Å². The average Bonchev–Trinajstić information content (AvgIpc) is 3.02. The van der Waals surface area contributed by atoms with Crippen molar-refractivity contribution in [1.82, 2.24) is 14.5 Å². The molecule has 0 unspecified atom stereocenters. The third kappa shape index (κ3) is 3.98. The Kier molecular flexibility index (Phi) is 5.27. The van der Waals surface area contributed by atoms with Gasteiger partial charge in [-0.3, -0.25) is 4.79 Å². The topological polar surface area (TPSA) is 58.4 Å². The third-order valence-electron chi connectivity index (χ3n) is 3.43. The highest BCUT2D eigenvalue weighted by Crippen LogP contribution is 2.19. The zero-order valence-corrected chi connectivity index (χ0v) is 12.2. The van der Waals surface area contributed by atoms with Crippen molar-refractivity contribution in [2.45, 2.75) is 37.9 Å². The van der Waals surface area contributed by atoms with Gasteiger partial charge in [0.05, 0.1) is 5.75 Å². The molecule has 0 radical (unpaired) electrons. The number of aromatic nitrogens is 2. The first-order valence-corrected chi connectivity index (χ1v) is 7.80. The maximum atomic E-state index is 10.7. The van der Waals surface area contributed by atoms with Gasteiger partial charge in [-0.1, -0.05) is 18.7 Å². The Bertz CT molecular complexity index is 428. The zero-order valence-electron chi connectivity index (χ0n) is 11.3. The predicted octanol–water partition coefficient (Wildman–Crippen LogP) is 1.72. The summed E-state index contributed by atoms with van der Waals surface area (Å²) in [6, 6.07) is 0. The molecule has 0 saturated carbocycles. The van der Waals surface area contributed by atoms with Crippen molar-refractivity contribution < 1.29 is 9.90 Å². The number of hydrogen-bond donors (Lipinski definition) is 1. The molecule has 0 bridgehead atoms. The molecule has 1 aliphatic rings. The second-order valence-electron chi connectivity index (χ2n) is 4.77. The quantitative estimate of drug-likeness (QED) is 0.772. The normalized spacial score (nSPS) is 16.1. The number of likely N-dealkylation sites (tertiary alicyclic amines) is 1. The van der Waals surface area contributed by atoms with Crippen LogP contribution in [0.15, 0.2) is 11.4 Å². The Hall–Kier alpha value is -1.01. The average molecular weight is 283 g/mol. The van der Waals surface area contributed by atoms with Gasteiger partial charge < -0.3 is 14.6 Å². The summed E-state index contributed by atoms with van der Waals surface area (Å²) >= 11 is 1.31. The molecule has 106 valence electrons. The number of carbonyl (C=O) groups is 1. The smallest absolute Gasteiger partial charge is 0.313 e. The predicted molar refractivity (Wildman–Crippen MR) is 75.6 cm³/mol. The second kappa shape index (κ2) is 6.96. The van der Waals surface area contributed by atoms with E-state index >= 15 is 0 Å². The molecule has 5 nitrogen and oxygen atoms in total. The summed E-state index contributed by atoms with van der Waals surface area (Å²) in [6.45, 7) is 6.42. The summed E-state index contributed by atoms with van der Waals surface area (Å²) < 4.78 is 2.17. The lowest BCUT2D eigenvalue weighted by Crippen LogP contribution is -2.25. The van der Waals surface area contributed by atoms with Gasteiger partial charge in [-0.25, -0.2) is 4.98 Å². The van der Waals surface area contributed by atoms with Crippen LogP contribution < -0.4 is 0 Å².